The van der Waals surface area contributed by atoms with Crippen LogP contribution in [-0.4, -0.2) is 38.7 Å². The van der Waals surface area contributed by atoms with Crippen molar-refractivity contribution in [2.75, 3.05) is 27.7 Å². The molecule has 0 aliphatic rings. The SMILES string of the molecule is CN(C)CC(C)(C)c1cccc([N+](C)(C(=O)[O-])c2ccccc2)c1. The fourth-order valence-corrected chi connectivity index (χ4v) is 3.17. The normalized spacial score (nSPS) is 14.4. The van der Waals surface area contributed by atoms with Crippen LogP contribution in [0.2, 0.25) is 0 Å². The zero-order valence-corrected chi connectivity index (χ0v) is 15.1. The number of carbonyl (C=O) groups excluding carboxylic acids is 1. The van der Waals surface area contributed by atoms with Crippen LogP contribution in [0.25, 0.3) is 0 Å². The minimum atomic E-state index is -1.15. The van der Waals surface area contributed by atoms with Crippen molar-refractivity contribution in [2.45, 2.75) is 19.3 Å². The van der Waals surface area contributed by atoms with Crippen LogP contribution >= 0.6 is 0 Å². The van der Waals surface area contributed by atoms with Gasteiger partial charge in [-0.15, -0.1) is 0 Å². The van der Waals surface area contributed by atoms with Crippen LogP contribution in [0, 0.1) is 0 Å². The maximum Gasteiger partial charge on any atom is 0.267 e. The van der Waals surface area contributed by atoms with Crippen molar-refractivity contribution < 1.29 is 9.90 Å². The fourth-order valence-electron chi connectivity index (χ4n) is 3.17. The predicted molar refractivity (Wildman–Crippen MR) is 97.2 cm³/mol. The highest BCUT2D eigenvalue weighted by Gasteiger charge is 2.32. The van der Waals surface area contributed by atoms with Crippen LogP contribution in [0.1, 0.15) is 19.4 Å². The van der Waals surface area contributed by atoms with Gasteiger partial charge < -0.3 is 14.8 Å². The lowest BCUT2D eigenvalue weighted by atomic mass is 9.84. The maximum absolute atomic E-state index is 12.0. The lowest BCUT2D eigenvalue weighted by molar-refractivity contribution is -0.259. The summed E-state index contributed by atoms with van der Waals surface area (Å²) in [6.45, 7) is 5.20. The van der Waals surface area contributed by atoms with Crippen LogP contribution in [0.15, 0.2) is 54.6 Å². The van der Waals surface area contributed by atoms with Gasteiger partial charge in [-0.2, -0.15) is 0 Å². The van der Waals surface area contributed by atoms with Gasteiger partial charge in [-0.05, 0) is 31.8 Å². The van der Waals surface area contributed by atoms with Gasteiger partial charge in [0.15, 0.2) is 0 Å². The van der Waals surface area contributed by atoms with Gasteiger partial charge in [-0.25, -0.2) is 4.48 Å². The van der Waals surface area contributed by atoms with Crippen molar-refractivity contribution >= 4 is 17.5 Å². The molecule has 0 bridgehead atoms. The number of carbonyl (C=O) groups is 1. The minimum absolute atomic E-state index is 0.0903. The molecule has 0 N–H and O–H groups in total. The molecule has 0 aromatic heterocycles. The monoisotopic (exact) mass is 326 g/mol. The molecule has 0 radical (unpaired) electrons. The number of para-hydroxylation sites is 1. The standard InChI is InChI=1S/C20H26N2O2/c1-20(2,15-21(3)4)16-10-9-13-18(14-16)22(5,19(23)24)17-11-7-6-8-12-17/h6-14H,15H2,1-5H3. The summed E-state index contributed by atoms with van der Waals surface area (Å²) in [6.07, 6.45) is -1.15. The molecule has 2 aromatic carbocycles. The third kappa shape index (κ3) is 3.50. The molecule has 128 valence electrons. The number of carboxylic acid groups (broad SMARTS) is 1. The van der Waals surface area contributed by atoms with E-state index >= 15 is 0 Å². The first-order valence-electron chi connectivity index (χ1n) is 8.07. The second kappa shape index (κ2) is 6.75. The molecule has 0 aliphatic heterocycles. The second-order valence-corrected chi connectivity index (χ2v) is 7.28. The Morgan fingerprint density at radius 2 is 1.62 bits per heavy atom. The number of hydrogen-bond donors (Lipinski definition) is 0. The van der Waals surface area contributed by atoms with Crippen molar-refractivity contribution in [1.82, 2.24) is 9.38 Å². The highest BCUT2D eigenvalue weighted by molar-refractivity contribution is 5.87. The molecule has 0 fully saturated rings. The first-order chi connectivity index (χ1) is 11.2. The van der Waals surface area contributed by atoms with Crippen molar-refractivity contribution in [3.63, 3.8) is 0 Å². The Balaban J connectivity index is 2.54. The summed E-state index contributed by atoms with van der Waals surface area (Å²) in [4.78, 5) is 14.1. The molecule has 1 amide bonds. The Kier molecular flexibility index (Phi) is 5.11. The summed E-state index contributed by atoms with van der Waals surface area (Å²) in [5.41, 5.74) is 2.37. The molecule has 2 aromatic rings. The summed E-state index contributed by atoms with van der Waals surface area (Å²) < 4.78 is -0.382. The average molecular weight is 326 g/mol. The molecule has 2 rings (SSSR count). The molecule has 0 aliphatic carbocycles. The van der Waals surface area contributed by atoms with Crippen LogP contribution in [-0.2, 0) is 5.41 Å². The Hall–Kier alpha value is -2.17. The average Bonchev–Trinajstić information content (AvgIpc) is 2.53. The smallest absolute Gasteiger partial charge is 0.267 e. The van der Waals surface area contributed by atoms with Crippen LogP contribution in [0.4, 0.5) is 16.2 Å². The van der Waals surface area contributed by atoms with E-state index < -0.39 is 6.09 Å². The Morgan fingerprint density at radius 3 is 2.17 bits per heavy atom. The number of likely N-dealkylation sites (N-methyl/N-ethyl adjacent to an activating group) is 1. The molecule has 1 atom stereocenters. The first kappa shape index (κ1) is 18.2. The Morgan fingerprint density at radius 1 is 1.04 bits per heavy atom. The van der Waals surface area contributed by atoms with Crippen LogP contribution in [0.5, 0.6) is 0 Å². The molecule has 0 heterocycles. The number of amides is 1. The van der Waals surface area contributed by atoms with E-state index in [-0.39, 0.29) is 9.90 Å². The summed E-state index contributed by atoms with van der Waals surface area (Å²) in [5.74, 6) is 0. The van der Waals surface area contributed by atoms with Gasteiger partial charge in [0.2, 0.25) is 0 Å². The van der Waals surface area contributed by atoms with Crippen LogP contribution in [0.3, 0.4) is 0 Å². The lowest BCUT2D eigenvalue weighted by Crippen LogP contribution is -2.53. The van der Waals surface area contributed by atoms with E-state index in [0.717, 1.165) is 12.1 Å². The van der Waals surface area contributed by atoms with E-state index in [1.54, 1.807) is 7.05 Å². The van der Waals surface area contributed by atoms with Crippen molar-refractivity contribution in [2.24, 2.45) is 0 Å². The van der Waals surface area contributed by atoms with E-state index in [9.17, 15) is 9.90 Å². The molecule has 24 heavy (non-hydrogen) atoms. The van der Waals surface area contributed by atoms with Gasteiger partial charge in [-0.1, -0.05) is 44.2 Å². The number of benzene rings is 2. The number of hydrogen-bond acceptors (Lipinski definition) is 3. The molecule has 4 heteroatoms. The summed E-state index contributed by atoms with van der Waals surface area (Å²) in [6, 6.07) is 17.0. The van der Waals surface area contributed by atoms with E-state index in [1.807, 2.05) is 62.6 Å². The van der Waals surface area contributed by atoms with Crippen molar-refractivity contribution in [3.05, 3.63) is 60.2 Å². The van der Waals surface area contributed by atoms with Crippen LogP contribution < -0.4 is 9.59 Å². The second-order valence-electron chi connectivity index (χ2n) is 7.28. The number of nitrogens with zero attached hydrogens (tertiary/aromatic N) is 2. The maximum atomic E-state index is 12.0. The van der Waals surface area contributed by atoms with E-state index in [0.29, 0.717) is 11.4 Å². The van der Waals surface area contributed by atoms with Gasteiger partial charge in [0, 0.05) is 24.1 Å². The Labute approximate surface area is 144 Å². The molecule has 0 spiro atoms. The van der Waals surface area contributed by atoms with E-state index in [4.69, 9.17) is 0 Å². The topological polar surface area (TPSA) is 43.4 Å². The number of rotatable bonds is 5. The van der Waals surface area contributed by atoms with Crippen molar-refractivity contribution in [1.29, 1.82) is 0 Å². The molecular weight excluding hydrogens is 300 g/mol. The summed E-state index contributed by atoms with van der Waals surface area (Å²) in [7, 11) is 5.73. The highest BCUT2D eigenvalue weighted by atomic mass is 16.4. The third-order valence-electron chi connectivity index (χ3n) is 4.49. The molecule has 0 saturated heterocycles. The summed E-state index contributed by atoms with van der Waals surface area (Å²) in [5, 5.41) is 12.0. The largest absolute Gasteiger partial charge is 0.498 e. The third-order valence-corrected chi connectivity index (χ3v) is 4.49. The quantitative estimate of drug-likeness (QED) is 0.793. The van der Waals surface area contributed by atoms with Gasteiger partial charge in [-0.3, -0.25) is 0 Å². The Bertz CT molecular complexity index is 711. The molecule has 4 nitrogen and oxygen atoms in total. The predicted octanol–water partition coefficient (Wildman–Crippen LogP) is 3.14. The van der Waals surface area contributed by atoms with Gasteiger partial charge >= 0.3 is 0 Å². The van der Waals surface area contributed by atoms with E-state index in [1.165, 1.54) is 0 Å². The minimum Gasteiger partial charge on any atom is -0.498 e. The highest BCUT2D eigenvalue weighted by Crippen LogP contribution is 2.35. The molecule has 0 saturated carbocycles. The van der Waals surface area contributed by atoms with Gasteiger partial charge in [0.1, 0.15) is 11.4 Å². The fraction of sp³-hybridized carbons (Fsp3) is 0.350. The van der Waals surface area contributed by atoms with E-state index in [2.05, 4.69) is 24.8 Å². The van der Waals surface area contributed by atoms with Gasteiger partial charge in [0.05, 0.1) is 7.05 Å². The van der Waals surface area contributed by atoms with Crippen molar-refractivity contribution in [3.8, 4) is 0 Å². The zero-order valence-electron chi connectivity index (χ0n) is 15.1. The number of quaternary nitrogens is 1. The lowest BCUT2D eigenvalue weighted by Gasteiger charge is -2.34. The molecule has 1 unspecified atom stereocenters. The van der Waals surface area contributed by atoms with Gasteiger partial charge in [0.25, 0.3) is 6.09 Å². The zero-order chi connectivity index (χ0) is 18.0. The summed E-state index contributed by atoms with van der Waals surface area (Å²) >= 11 is 0. The first-order valence-corrected chi connectivity index (χ1v) is 8.07. The molecular formula is C20H26N2O2.